The van der Waals surface area contributed by atoms with Crippen LogP contribution in [0.25, 0.3) is 0 Å². The number of hydrogen-bond acceptors (Lipinski definition) is 2. The number of hydrogen-bond donors (Lipinski definition) is 0. The molecule has 0 spiro atoms. The molecule has 0 amide bonds. The van der Waals surface area contributed by atoms with Crippen LogP contribution < -0.4 is 15.9 Å². The molecule has 42 heavy (non-hydrogen) atoms. The first-order valence-electron chi connectivity index (χ1n) is 16.9. The first-order valence-corrected chi connectivity index (χ1v) is 19.1. The van der Waals surface area contributed by atoms with Gasteiger partial charge in [-0.1, -0.05) is 39.0 Å². The average Bonchev–Trinajstić information content (AvgIpc) is 3.50. The van der Waals surface area contributed by atoms with Gasteiger partial charge in [0.15, 0.2) is 0 Å². The van der Waals surface area contributed by atoms with Crippen LogP contribution in [0.1, 0.15) is 103 Å². The molecule has 3 aromatic carbocycles. The molecule has 0 saturated heterocycles. The Labute approximate surface area is 256 Å². The third-order valence-corrected chi connectivity index (χ3v) is 13.9. The van der Waals surface area contributed by atoms with Crippen molar-refractivity contribution < 1.29 is 0 Å². The third kappa shape index (κ3) is 9.91. The fourth-order valence-corrected chi connectivity index (χ4v) is 11.4. The molecule has 4 aromatic rings. The molecule has 0 aliphatic carbocycles. The maximum atomic E-state index is 4.40. The molecule has 0 bridgehead atoms. The summed E-state index contributed by atoms with van der Waals surface area (Å²) in [4.78, 5) is 0. The average molecular weight is 584 g/mol. The summed E-state index contributed by atoms with van der Waals surface area (Å²) in [6.45, 7) is 3.28. The summed E-state index contributed by atoms with van der Waals surface area (Å²) in [5.74, 6) is 0. The molecule has 226 valence electrons. The van der Waals surface area contributed by atoms with Crippen LogP contribution in [0.15, 0.2) is 97.2 Å². The molecule has 0 saturated carbocycles. The van der Waals surface area contributed by atoms with E-state index in [-0.39, 0.29) is 0 Å². The minimum absolute atomic E-state index is 1.01. The molecule has 4 rings (SSSR count). The van der Waals surface area contributed by atoms with Crippen LogP contribution in [-0.2, 0) is 13.0 Å². The van der Waals surface area contributed by atoms with E-state index in [0.717, 1.165) is 13.0 Å². The number of unbranched alkanes of at least 4 members (excludes halogenated alkanes) is 12. The molecule has 0 aliphatic heterocycles. The van der Waals surface area contributed by atoms with Gasteiger partial charge in [-0.05, 0) is 12.8 Å². The van der Waals surface area contributed by atoms with Crippen LogP contribution in [0.3, 0.4) is 0 Å². The van der Waals surface area contributed by atoms with Crippen LogP contribution in [0.2, 0.25) is 0 Å². The van der Waals surface area contributed by atoms with E-state index in [0.29, 0.717) is 0 Å². The van der Waals surface area contributed by atoms with Gasteiger partial charge >= 0.3 is 194 Å². The molecule has 0 unspecified atom stereocenters. The molecule has 0 fully saturated rings. The van der Waals surface area contributed by atoms with Crippen molar-refractivity contribution in [3.63, 3.8) is 0 Å². The van der Waals surface area contributed by atoms with Gasteiger partial charge in [0.2, 0.25) is 0 Å². The fourth-order valence-electron chi connectivity index (χ4n) is 6.47. The number of aromatic nitrogens is 3. The summed E-state index contributed by atoms with van der Waals surface area (Å²) in [5, 5.41) is 13.4. The molecule has 3 nitrogen and oxygen atoms in total. The fraction of sp³-hybridized carbons (Fsp3) is 0.474. The van der Waals surface area contributed by atoms with Crippen molar-refractivity contribution in [3.05, 3.63) is 103 Å². The summed E-state index contributed by atoms with van der Waals surface area (Å²) in [5.41, 5.74) is 1.17. The Morgan fingerprint density at radius 1 is 0.524 bits per heavy atom. The van der Waals surface area contributed by atoms with E-state index in [1.165, 1.54) is 118 Å². The third-order valence-electron chi connectivity index (χ3n) is 8.86. The van der Waals surface area contributed by atoms with E-state index in [4.69, 9.17) is 0 Å². The second kappa shape index (κ2) is 18.7. The van der Waals surface area contributed by atoms with Gasteiger partial charge in [0, 0.05) is 0 Å². The monoisotopic (exact) mass is 583 g/mol. The molecule has 0 aliphatic rings. The molecule has 1 aromatic heterocycles. The second-order valence-corrected chi connectivity index (χ2v) is 16.1. The number of nitrogens with zero attached hydrogens (tertiary/aromatic N) is 3. The normalized spacial score (nSPS) is 12.0. The van der Waals surface area contributed by atoms with Gasteiger partial charge in [0.25, 0.3) is 0 Å². The quantitative estimate of drug-likeness (QED) is 0.0724. The van der Waals surface area contributed by atoms with Crippen molar-refractivity contribution in [2.75, 3.05) is 6.16 Å². The minimum atomic E-state index is -2.07. The Kier molecular flexibility index (Phi) is 14.3. The number of benzene rings is 3. The Balaban J connectivity index is 1.16. The van der Waals surface area contributed by atoms with E-state index in [9.17, 15) is 0 Å². The zero-order valence-corrected chi connectivity index (χ0v) is 27.1. The maximum absolute atomic E-state index is 4.40. The Hall–Kier alpha value is -2.77. The zero-order chi connectivity index (χ0) is 29.1. The van der Waals surface area contributed by atoms with Crippen molar-refractivity contribution in [2.24, 2.45) is 0 Å². The van der Waals surface area contributed by atoms with Crippen molar-refractivity contribution >= 4 is 23.2 Å². The standard InChI is InChI=1S/C38H54N3P/c1-2-3-4-5-10-16-25-35-34-41(40-39-35)32-23-11-8-6-7-9-12-24-33-42(36-26-17-13-18-27-36,37-28-19-14-20-29-37)38-30-21-15-22-31-38/h13-15,17-22,26-31,34,42H,2-12,16,23-25,32-33H2,1H3. The van der Waals surface area contributed by atoms with Crippen molar-refractivity contribution in [1.82, 2.24) is 15.0 Å². The summed E-state index contributed by atoms with van der Waals surface area (Å²) in [7, 11) is -2.07. The van der Waals surface area contributed by atoms with E-state index in [2.05, 4.69) is 119 Å². The molecule has 0 radical (unpaired) electrons. The van der Waals surface area contributed by atoms with Gasteiger partial charge in [-0.25, -0.2) is 0 Å². The van der Waals surface area contributed by atoms with Gasteiger partial charge in [-0.15, -0.1) is 5.10 Å². The van der Waals surface area contributed by atoms with Crippen LogP contribution >= 0.6 is 7.26 Å². The smallest absolute Gasteiger partial charge is 0.135 e. The van der Waals surface area contributed by atoms with E-state index >= 15 is 0 Å². The Bertz CT molecular complexity index is 1130. The van der Waals surface area contributed by atoms with Crippen LogP contribution in [0, 0.1) is 0 Å². The SMILES string of the molecule is CCCCCCCCc1cn(CCCCCCCCCC[PH](c2ccccc2)(c2ccccc2)c2ccccc2)nn1. The van der Waals surface area contributed by atoms with Crippen LogP contribution in [-0.4, -0.2) is 21.2 Å². The summed E-state index contributed by atoms with van der Waals surface area (Å²) >= 11 is 0. The first kappa shape index (κ1) is 32.2. The molecule has 4 heteroatoms. The van der Waals surface area contributed by atoms with Gasteiger partial charge in [-0.3, -0.25) is 0 Å². The minimum Gasteiger partial charge on any atom is -0.135 e. The molecular formula is C38H54N3P. The molecular weight excluding hydrogens is 529 g/mol. The van der Waals surface area contributed by atoms with Gasteiger partial charge in [-0.2, -0.15) is 0 Å². The summed E-state index contributed by atoms with van der Waals surface area (Å²) in [6.07, 6.45) is 23.0. The van der Waals surface area contributed by atoms with Crippen LogP contribution in [0.5, 0.6) is 0 Å². The number of rotatable bonds is 21. The molecule has 0 N–H and O–H groups in total. The van der Waals surface area contributed by atoms with Crippen molar-refractivity contribution in [1.29, 1.82) is 0 Å². The molecule has 1 heterocycles. The van der Waals surface area contributed by atoms with Gasteiger partial charge in [0.05, 0.1) is 5.69 Å². The van der Waals surface area contributed by atoms with Gasteiger partial charge < -0.3 is 0 Å². The van der Waals surface area contributed by atoms with Gasteiger partial charge in [0.1, 0.15) is 0 Å². The van der Waals surface area contributed by atoms with Crippen LogP contribution in [0.4, 0.5) is 0 Å². The van der Waals surface area contributed by atoms with E-state index in [1.807, 2.05) is 0 Å². The predicted molar refractivity (Wildman–Crippen MR) is 185 cm³/mol. The van der Waals surface area contributed by atoms with Crippen molar-refractivity contribution in [3.8, 4) is 0 Å². The first-order chi connectivity index (χ1) is 20.8. The number of aryl methyl sites for hydroxylation is 2. The topological polar surface area (TPSA) is 30.7 Å². The summed E-state index contributed by atoms with van der Waals surface area (Å²) in [6, 6.07) is 34.1. The predicted octanol–water partition coefficient (Wildman–Crippen LogP) is 9.03. The Morgan fingerprint density at radius 3 is 1.50 bits per heavy atom. The van der Waals surface area contributed by atoms with E-state index < -0.39 is 7.26 Å². The second-order valence-electron chi connectivity index (χ2n) is 12.1. The zero-order valence-electron chi connectivity index (χ0n) is 26.1. The Morgan fingerprint density at radius 2 is 0.976 bits per heavy atom. The molecule has 0 atom stereocenters. The van der Waals surface area contributed by atoms with E-state index in [1.54, 1.807) is 0 Å². The summed E-state index contributed by atoms with van der Waals surface area (Å²) < 4.78 is 2.06. The van der Waals surface area contributed by atoms with Crippen molar-refractivity contribution in [2.45, 2.75) is 110 Å².